The molecule has 0 spiro atoms. The summed E-state index contributed by atoms with van der Waals surface area (Å²) in [5.74, 6) is 2.53. The maximum Gasteiger partial charge on any atom is -0.00400 e. The molecular weight excluding hydrogens is 612 g/mol. The summed E-state index contributed by atoms with van der Waals surface area (Å²) in [6.45, 7) is 0. The van der Waals surface area contributed by atoms with Crippen molar-refractivity contribution in [1.82, 2.24) is 0 Å². The molecule has 11 heavy (non-hydrogen) atoms. The van der Waals surface area contributed by atoms with Crippen molar-refractivity contribution in [1.29, 1.82) is 0 Å². The van der Waals surface area contributed by atoms with E-state index in [1.807, 2.05) is 0 Å². The third kappa shape index (κ3) is 6.37. The van der Waals surface area contributed by atoms with Crippen molar-refractivity contribution in [3.63, 3.8) is 0 Å². The lowest BCUT2D eigenvalue weighted by Crippen LogP contribution is -2.03. The molecule has 0 aromatic heterocycles. The second-order valence-electron chi connectivity index (χ2n) is 3.19. The Hall–Kier alpha value is 3.27. The van der Waals surface area contributed by atoms with E-state index in [1.165, 1.54) is 31.4 Å². The van der Waals surface area contributed by atoms with Crippen molar-refractivity contribution < 1.29 is 0 Å². The van der Waals surface area contributed by atoms with E-state index in [-0.39, 0.29) is 0 Å². The summed E-state index contributed by atoms with van der Waals surface area (Å²) in [7, 11) is 0. The van der Waals surface area contributed by atoms with Crippen LogP contribution in [-0.4, -0.2) is 5.75 Å². The third-order valence-electron chi connectivity index (χ3n) is 2.01. The minimum absolute atomic E-state index is 1.05. The minimum atomic E-state index is -1.30. The van der Waals surface area contributed by atoms with E-state index in [0.717, 1.165) is 5.92 Å². The van der Waals surface area contributed by atoms with Crippen molar-refractivity contribution >= 4 is 82.7 Å². The van der Waals surface area contributed by atoms with Gasteiger partial charge in [0.2, 0.25) is 0 Å². The lowest BCUT2D eigenvalue weighted by Gasteiger charge is -2.39. The number of thiol groups is 1. The largest absolute Gasteiger partial charge is 0.116 e. The summed E-state index contributed by atoms with van der Waals surface area (Å²) in [5, 5.41) is 0. The van der Waals surface area contributed by atoms with Gasteiger partial charge in [0.1, 0.15) is 0 Å². The zero-order chi connectivity index (χ0) is 8.56. The predicted molar refractivity (Wildman–Crippen MR) is 91.9 cm³/mol. The summed E-state index contributed by atoms with van der Waals surface area (Å²) in [6, 6.07) is 0. The van der Waals surface area contributed by atoms with Gasteiger partial charge in [0, 0.05) is 0 Å². The zero-order valence-electron chi connectivity index (χ0n) is 6.07. The predicted octanol–water partition coefficient (Wildman–Crippen LogP) is 5.65. The van der Waals surface area contributed by atoms with Crippen LogP contribution >= 0.6 is 82.7 Å². The molecule has 0 radical (unpaired) electrons. The first-order chi connectivity index (χ1) is 4.83. The number of hydrogen-bond donors (Lipinski definition) is 1. The van der Waals surface area contributed by atoms with Crippen LogP contribution in [0.1, 0.15) is 25.7 Å². The Bertz CT molecular complexity index is 135. The lowest BCUT2D eigenvalue weighted by molar-refractivity contribution is 0.624. The fourth-order valence-corrected chi connectivity index (χ4v) is 9.41. The van der Waals surface area contributed by atoms with Gasteiger partial charge < -0.3 is 0 Å². The van der Waals surface area contributed by atoms with Crippen LogP contribution in [0, 0.1) is 5.92 Å². The molecule has 0 unspecified atom stereocenters. The molecule has 0 N–H and O–H groups in total. The smallest absolute Gasteiger partial charge is 0.00400 e. The minimum Gasteiger partial charge on any atom is -0.116 e. The second kappa shape index (κ2) is 4.42. The number of rotatable bonds is 2. The maximum atomic E-state index is 2.69. The normalized spacial score (nSPS) is 24.9. The highest BCUT2D eigenvalue weighted by Crippen LogP contribution is 2.96. The quantitative estimate of drug-likeness (QED) is 0.299. The second-order valence-corrected chi connectivity index (χ2v) is 64.1. The van der Waals surface area contributed by atoms with Crippen molar-refractivity contribution in [3.05, 3.63) is 0 Å². The van der Waals surface area contributed by atoms with Gasteiger partial charge in [-0.15, -0.1) is -2.15 Å². The molecule has 0 aromatic rings. The van der Waals surface area contributed by atoms with Crippen molar-refractivity contribution in [3.8, 4) is 0 Å². The van der Waals surface area contributed by atoms with Crippen molar-refractivity contribution in [2.24, 2.45) is 5.92 Å². The van der Waals surface area contributed by atoms with E-state index in [4.69, 9.17) is 0 Å². The molecule has 1 aliphatic carbocycles. The van der Waals surface area contributed by atoms with E-state index in [0.29, 0.717) is 0 Å². The highest BCUT2D eigenvalue weighted by molar-refractivity contribution is 14.6. The van der Waals surface area contributed by atoms with Crippen LogP contribution in [0.25, 0.3) is 0 Å². The van der Waals surface area contributed by atoms with Crippen LogP contribution in [0.2, 0.25) is 0 Å². The van der Waals surface area contributed by atoms with Crippen LogP contribution < -0.4 is 0 Å². The SMILES string of the molecule is I[SH](I)(I)(I)CC1CCCC1. The zero-order valence-corrected chi connectivity index (χ0v) is 15.6. The monoisotopic (exact) mass is 624 g/mol. The van der Waals surface area contributed by atoms with Gasteiger partial charge in [-0.1, -0.05) is 12.8 Å². The van der Waals surface area contributed by atoms with Gasteiger partial charge >= 0.3 is 0 Å². The Morgan fingerprint density at radius 3 is 1.82 bits per heavy atom. The Balaban J connectivity index is 2.41. The van der Waals surface area contributed by atoms with E-state index in [2.05, 4.69) is 84.8 Å². The van der Waals surface area contributed by atoms with E-state index in [9.17, 15) is 0 Å². The Labute approximate surface area is 117 Å². The van der Waals surface area contributed by atoms with Crippen LogP contribution in [0.3, 0.4) is 0 Å². The summed E-state index contributed by atoms with van der Waals surface area (Å²) in [5.41, 5.74) is 0. The van der Waals surface area contributed by atoms with Crippen molar-refractivity contribution in [2.45, 2.75) is 25.7 Å². The van der Waals surface area contributed by atoms with Crippen LogP contribution in [0.15, 0.2) is 0 Å². The van der Waals surface area contributed by atoms with Gasteiger partial charge in [-0.2, -0.15) is 0 Å². The first-order valence-electron chi connectivity index (χ1n) is 3.72. The molecular formula is C6H12I4S. The number of hydrogen-bond acceptors (Lipinski definition) is 0. The third-order valence-corrected chi connectivity index (χ3v) is 7.80. The molecule has 0 atom stereocenters. The molecule has 1 aliphatic rings. The van der Waals surface area contributed by atoms with Crippen LogP contribution in [0.4, 0.5) is 0 Å². The van der Waals surface area contributed by atoms with Gasteiger partial charge in [0.05, 0.1) is 0 Å². The summed E-state index contributed by atoms with van der Waals surface area (Å²) in [6.07, 6.45) is 5.96. The standard InChI is InChI=1S/C6H12I4S/c7-11(8,9,10)5-6-3-1-2-4-6/h6,11H,1-5H2. The first kappa shape index (κ1) is 12.3. The van der Waals surface area contributed by atoms with E-state index >= 15 is 0 Å². The van der Waals surface area contributed by atoms with Crippen LogP contribution in [-0.2, 0) is 0 Å². The fraction of sp³-hybridized carbons (Fsp3) is 1.00. The van der Waals surface area contributed by atoms with Gasteiger partial charge in [-0.3, -0.25) is 0 Å². The Morgan fingerprint density at radius 2 is 1.45 bits per heavy atom. The van der Waals surface area contributed by atoms with Gasteiger partial charge in [0.25, 0.3) is 0 Å². The molecule has 5 heteroatoms. The molecule has 70 valence electrons. The molecule has 0 aromatic carbocycles. The lowest BCUT2D eigenvalue weighted by atomic mass is 10.1. The van der Waals surface area contributed by atoms with Gasteiger partial charge in [-0.25, -0.2) is 0 Å². The molecule has 1 rings (SSSR count). The van der Waals surface area contributed by atoms with Crippen molar-refractivity contribution in [2.75, 3.05) is 5.75 Å². The molecule has 0 saturated heterocycles. The fourth-order valence-electron chi connectivity index (χ4n) is 1.58. The average Bonchev–Trinajstić information content (AvgIpc) is 2.09. The topological polar surface area (TPSA) is 0 Å². The highest BCUT2D eigenvalue weighted by Gasteiger charge is 2.32. The summed E-state index contributed by atoms with van der Waals surface area (Å²) in [4.78, 5) is 0. The molecule has 1 fully saturated rings. The first-order valence-corrected chi connectivity index (χ1v) is 17.3. The van der Waals surface area contributed by atoms with Gasteiger partial charge in [-0.05, 0) is 109 Å². The van der Waals surface area contributed by atoms with Gasteiger partial charge in [0.15, 0.2) is 0 Å². The van der Waals surface area contributed by atoms with E-state index in [1.54, 1.807) is 0 Å². The van der Waals surface area contributed by atoms with Crippen LogP contribution in [0.5, 0.6) is 0 Å². The molecule has 1 saturated carbocycles. The van der Waals surface area contributed by atoms with E-state index < -0.39 is -2.15 Å². The Kier molecular flexibility index (Phi) is 4.95. The Morgan fingerprint density at radius 1 is 1.00 bits per heavy atom. The molecule has 0 bridgehead atoms. The number of halogens is 4. The molecule has 0 amide bonds. The average molecular weight is 624 g/mol. The summed E-state index contributed by atoms with van der Waals surface area (Å²) < 4.78 is -1.30. The molecule has 0 heterocycles. The molecule has 0 aliphatic heterocycles. The highest BCUT2D eigenvalue weighted by atomic mass is 127. The summed E-state index contributed by atoms with van der Waals surface area (Å²) >= 11 is 10.8. The molecule has 0 nitrogen and oxygen atoms in total. The maximum absolute atomic E-state index is 2.69.